The molecule has 12 heteroatoms. The van der Waals surface area contributed by atoms with Crippen LogP contribution >= 0.6 is 23.2 Å². The molecule has 1 aromatic heterocycles. The van der Waals surface area contributed by atoms with Crippen molar-refractivity contribution in [1.82, 2.24) is 20.3 Å². The third kappa shape index (κ3) is 7.81. The number of pyridine rings is 1. The van der Waals surface area contributed by atoms with Crippen molar-refractivity contribution in [3.05, 3.63) is 81.8 Å². The minimum atomic E-state index is -0.819. The van der Waals surface area contributed by atoms with Gasteiger partial charge in [0.1, 0.15) is 28.7 Å². The van der Waals surface area contributed by atoms with Gasteiger partial charge in [-0.05, 0) is 73.6 Å². The third-order valence-electron chi connectivity index (χ3n) is 7.67. The van der Waals surface area contributed by atoms with Gasteiger partial charge in [-0.3, -0.25) is 19.6 Å². The number of aromatic nitrogens is 1. The molecule has 1 saturated heterocycles. The lowest BCUT2D eigenvalue weighted by atomic mass is 9.81. The van der Waals surface area contributed by atoms with Gasteiger partial charge in [-0.25, -0.2) is 10.5 Å². The van der Waals surface area contributed by atoms with Crippen LogP contribution in [0, 0.1) is 0 Å². The number of carbonyl (C=O) groups excluding carboxylic acids is 3. The number of hydrogen-bond donors (Lipinski definition) is 3. The summed E-state index contributed by atoms with van der Waals surface area (Å²) in [6.45, 7) is 3.97. The van der Waals surface area contributed by atoms with Gasteiger partial charge in [-0.2, -0.15) is 0 Å². The number of allylic oxidation sites excluding steroid dienone is 1. The first-order valence-corrected chi connectivity index (χ1v) is 14.5. The summed E-state index contributed by atoms with van der Waals surface area (Å²) in [5.74, 6) is -0.523. The summed E-state index contributed by atoms with van der Waals surface area (Å²) in [6.07, 6.45) is 8.37. The van der Waals surface area contributed by atoms with Crippen LogP contribution in [0.15, 0.2) is 60.3 Å². The quantitative estimate of drug-likeness (QED) is 0.133. The first kappa shape index (κ1) is 31.3. The Labute approximate surface area is 255 Å². The molecule has 2 aliphatic rings. The number of halogens is 2. The number of primary amides is 1. The molecule has 1 fully saturated rings. The van der Waals surface area contributed by atoms with E-state index in [0.29, 0.717) is 31.6 Å². The number of amides is 3. The van der Waals surface area contributed by atoms with Gasteiger partial charge in [0.25, 0.3) is 5.91 Å². The molecule has 2 atom stereocenters. The van der Waals surface area contributed by atoms with E-state index < -0.39 is 17.4 Å². The second-order valence-corrected chi connectivity index (χ2v) is 11.5. The molecule has 42 heavy (non-hydrogen) atoms. The largest absolute Gasteiger partial charge is 0.489 e. The second kappa shape index (κ2) is 14.0. The molecule has 0 radical (unpaired) electrons. The van der Waals surface area contributed by atoms with Gasteiger partial charge < -0.3 is 20.3 Å². The highest BCUT2D eigenvalue weighted by molar-refractivity contribution is 6.32. The molecule has 0 spiro atoms. The molecule has 0 saturated carbocycles. The number of nitrogens with zero attached hydrogens (tertiary/aromatic N) is 3. The second-order valence-electron chi connectivity index (χ2n) is 10.7. The summed E-state index contributed by atoms with van der Waals surface area (Å²) in [7, 11) is 0. The molecule has 4 N–H and O–H groups in total. The molecule has 2 aliphatic heterocycles. The zero-order valence-electron chi connectivity index (χ0n) is 23.4. The maximum absolute atomic E-state index is 13.7. The van der Waals surface area contributed by atoms with Gasteiger partial charge in [0.2, 0.25) is 11.8 Å². The molecule has 2 unspecified atom stereocenters. The number of hydroxylamine groups is 1. The summed E-state index contributed by atoms with van der Waals surface area (Å²) in [5, 5.41) is 10.00. The summed E-state index contributed by atoms with van der Waals surface area (Å²) in [6, 6.07) is 9.90. The Bertz CT molecular complexity index is 1350. The van der Waals surface area contributed by atoms with Crippen LogP contribution in [0.3, 0.4) is 0 Å². The Morgan fingerprint density at radius 3 is 2.57 bits per heavy atom. The smallest absolute Gasteiger partial charge is 0.266 e. The number of nitrogens with one attached hydrogen (secondary N) is 1. The number of ether oxygens (including phenoxy) is 1. The Balaban J connectivity index is 1.34. The Morgan fingerprint density at radius 1 is 1.19 bits per heavy atom. The van der Waals surface area contributed by atoms with Crippen LogP contribution in [0.25, 0.3) is 0 Å². The standard InChI is InChI=1S/C30H35Cl2N5O5/c1-30(22-7-9-23(10-8-22)42-19-21-15-25(31)34-26(32)16-21)11-14-37(29(30)40)24(28(39)35-41)6-2-3-12-36-13-4-5-20(18-36)17-27(33)38/h4-5,7-10,15-16,18,24,41H,2-3,6,11-14,17,19H2,1H3,(H2,33,38)(H,35,39). The molecule has 3 amide bonds. The van der Waals surface area contributed by atoms with Gasteiger partial charge in [-0.15, -0.1) is 0 Å². The third-order valence-corrected chi connectivity index (χ3v) is 8.05. The number of benzene rings is 1. The predicted molar refractivity (Wildman–Crippen MR) is 159 cm³/mol. The van der Waals surface area contributed by atoms with Crippen molar-refractivity contribution in [2.75, 3.05) is 19.6 Å². The van der Waals surface area contributed by atoms with E-state index in [2.05, 4.69) is 9.88 Å². The highest BCUT2D eigenvalue weighted by atomic mass is 35.5. The van der Waals surface area contributed by atoms with Crippen LogP contribution in [-0.2, 0) is 26.4 Å². The average molecular weight is 617 g/mol. The van der Waals surface area contributed by atoms with Gasteiger partial charge in [0.05, 0.1) is 11.8 Å². The maximum atomic E-state index is 13.7. The first-order valence-electron chi connectivity index (χ1n) is 13.8. The highest BCUT2D eigenvalue weighted by Crippen LogP contribution is 2.38. The van der Waals surface area contributed by atoms with Gasteiger partial charge >= 0.3 is 0 Å². The van der Waals surface area contributed by atoms with Crippen molar-refractivity contribution in [2.24, 2.45) is 5.73 Å². The molecule has 3 heterocycles. The van der Waals surface area contributed by atoms with Crippen LogP contribution in [0.4, 0.5) is 0 Å². The Kier molecular flexibility index (Phi) is 10.5. The lowest BCUT2D eigenvalue weighted by molar-refractivity contribution is -0.144. The van der Waals surface area contributed by atoms with Crippen LogP contribution in [0.5, 0.6) is 5.75 Å². The number of likely N-dealkylation sites (tertiary alicyclic amines) is 1. The molecule has 10 nitrogen and oxygen atoms in total. The first-order chi connectivity index (χ1) is 20.1. The summed E-state index contributed by atoms with van der Waals surface area (Å²) in [5.41, 5.74) is 8.68. The van der Waals surface area contributed by atoms with E-state index in [1.807, 2.05) is 37.4 Å². The van der Waals surface area contributed by atoms with Crippen LogP contribution < -0.4 is 16.0 Å². The van der Waals surface area contributed by atoms with Crippen molar-refractivity contribution in [1.29, 1.82) is 0 Å². The van der Waals surface area contributed by atoms with Gasteiger partial charge in [0, 0.05) is 25.8 Å². The molecule has 224 valence electrons. The predicted octanol–water partition coefficient (Wildman–Crippen LogP) is 4.13. The number of hydrogen-bond acceptors (Lipinski definition) is 7. The molecular formula is C30H35Cl2N5O5. The average Bonchev–Trinajstić information content (AvgIpc) is 3.25. The van der Waals surface area contributed by atoms with Crippen LogP contribution in [-0.4, -0.2) is 63.4 Å². The normalized spacial score (nSPS) is 19.0. The maximum Gasteiger partial charge on any atom is 0.266 e. The van der Waals surface area contributed by atoms with Crippen molar-refractivity contribution in [3.8, 4) is 5.75 Å². The fourth-order valence-corrected chi connectivity index (χ4v) is 5.91. The van der Waals surface area contributed by atoms with Crippen LogP contribution in [0.2, 0.25) is 10.3 Å². The summed E-state index contributed by atoms with van der Waals surface area (Å²) < 4.78 is 5.85. The van der Waals surface area contributed by atoms with Gasteiger partial charge in [-0.1, -0.05) is 47.5 Å². The molecular weight excluding hydrogens is 581 g/mol. The monoisotopic (exact) mass is 615 g/mol. The highest BCUT2D eigenvalue weighted by Gasteiger charge is 2.47. The van der Waals surface area contributed by atoms with Crippen molar-refractivity contribution in [2.45, 2.75) is 57.1 Å². The summed E-state index contributed by atoms with van der Waals surface area (Å²) in [4.78, 5) is 45.1. The minimum absolute atomic E-state index is 0.161. The fourth-order valence-electron chi connectivity index (χ4n) is 5.40. The van der Waals surface area contributed by atoms with E-state index in [9.17, 15) is 19.6 Å². The SMILES string of the molecule is CC1(c2ccc(OCc3cc(Cl)nc(Cl)c3)cc2)CCN(C(CCCCN2C=C(CC(N)=O)C=CC2)C(=O)NO)C1=O. The minimum Gasteiger partial charge on any atom is -0.489 e. The number of nitrogens with two attached hydrogens (primary N) is 1. The van der Waals surface area contributed by atoms with Crippen molar-refractivity contribution in [3.63, 3.8) is 0 Å². The molecule has 1 aromatic carbocycles. The van der Waals surface area contributed by atoms with E-state index in [1.165, 1.54) is 0 Å². The molecule has 0 aliphatic carbocycles. The van der Waals surface area contributed by atoms with E-state index in [4.69, 9.17) is 33.7 Å². The van der Waals surface area contributed by atoms with E-state index in [-0.39, 0.29) is 35.1 Å². The van der Waals surface area contributed by atoms with Gasteiger partial charge in [0.15, 0.2) is 0 Å². The van der Waals surface area contributed by atoms with Crippen molar-refractivity contribution < 1.29 is 24.3 Å². The molecule has 2 aromatic rings. The zero-order chi connectivity index (χ0) is 30.3. The fraction of sp³-hybridized carbons (Fsp3) is 0.400. The lowest BCUT2D eigenvalue weighted by Crippen LogP contribution is -2.49. The number of rotatable bonds is 13. The van der Waals surface area contributed by atoms with E-state index in [0.717, 1.165) is 36.2 Å². The number of carbonyl (C=O) groups is 3. The lowest BCUT2D eigenvalue weighted by Gasteiger charge is -2.29. The van der Waals surface area contributed by atoms with Crippen molar-refractivity contribution >= 4 is 40.9 Å². The Morgan fingerprint density at radius 2 is 1.90 bits per heavy atom. The van der Waals surface area contributed by atoms with Crippen LogP contribution in [0.1, 0.15) is 50.2 Å². The molecule has 0 bridgehead atoms. The van der Waals surface area contributed by atoms with E-state index >= 15 is 0 Å². The zero-order valence-corrected chi connectivity index (χ0v) is 24.9. The molecule has 4 rings (SSSR count). The number of unbranched alkanes of at least 4 members (excludes halogenated alkanes) is 1. The van der Waals surface area contributed by atoms with E-state index in [1.54, 1.807) is 34.6 Å². The topological polar surface area (TPSA) is 138 Å². The summed E-state index contributed by atoms with van der Waals surface area (Å²) >= 11 is 11.9. The Hall–Kier alpha value is -3.60.